The average molecular weight is 261 g/mol. The molecular weight excluding hydrogens is 242 g/mol. The van der Waals surface area contributed by atoms with Crippen LogP contribution in [-0.4, -0.2) is 49.6 Å². The van der Waals surface area contributed by atoms with E-state index in [1.807, 2.05) is 0 Å². The van der Waals surface area contributed by atoms with E-state index < -0.39 is 15.6 Å². The number of hydrogen-bond donors (Lipinski definition) is 0. The van der Waals surface area contributed by atoms with Gasteiger partial charge in [0.05, 0.1) is 5.75 Å². The molecule has 1 saturated heterocycles. The van der Waals surface area contributed by atoms with Crippen LogP contribution in [0.15, 0.2) is 0 Å². The summed E-state index contributed by atoms with van der Waals surface area (Å²) in [6.45, 7) is 2.66. The van der Waals surface area contributed by atoms with Gasteiger partial charge in [0.1, 0.15) is 11.5 Å². The van der Waals surface area contributed by atoms with Crippen LogP contribution in [0.4, 0.5) is 0 Å². The minimum absolute atomic E-state index is 0.00435. The van der Waals surface area contributed by atoms with Gasteiger partial charge in [0, 0.05) is 19.5 Å². The summed E-state index contributed by atoms with van der Waals surface area (Å²) in [5, 5.41) is 0. The lowest BCUT2D eigenvalue weighted by molar-refractivity contribution is -0.129. The van der Waals surface area contributed by atoms with Gasteiger partial charge in [-0.25, -0.2) is 8.42 Å². The molecule has 6 heteroatoms. The van der Waals surface area contributed by atoms with Crippen molar-refractivity contribution in [1.29, 1.82) is 0 Å². The molecule has 1 rings (SSSR count). The summed E-state index contributed by atoms with van der Waals surface area (Å²) < 4.78 is 23.2. The third-order valence-corrected chi connectivity index (χ3v) is 4.33. The molecule has 1 fully saturated rings. The van der Waals surface area contributed by atoms with Crippen LogP contribution in [0, 0.1) is 0 Å². The summed E-state index contributed by atoms with van der Waals surface area (Å²) in [5.41, 5.74) is 0. The normalized spacial score (nSPS) is 16.9. The molecule has 0 aromatic carbocycles. The predicted octanol–water partition coefficient (Wildman–Crippen LogP) is 0.393. The Morgan fingerprint density at radius 1 is 1.12 bits per heavy atom. The summed E-state index contributed by atoms with van der Waals surface area (Å²) in [6.07, 6.45) is 2.98. The van der Waals surface area contributed by atoms with Crippen molar-refractivity contribution in [3.05, 3.63) is 0 Å². The number of carbonyl (C=O) groups is 2. The standard InChI is InChI=1S/C11H19NO4S/c1-10(13)5-8-17(15,16)9-11(14)12-6-3-2-4-7-12/h2-9H2,1H3. The number of carbonyl (C=O) groups excluding carboxylic acids is 2. The van der Waals surface area contributed by atoms with Crippen LogP contribution < -0.4 is 0 Å². The number of nitrogens with zero attached hydrogens (tertiary/aromatic N) is 1. The highest BCUT2D eigenvalue weighted by Crippen LogP contribution is 2.09. The van der Waals surface area contributed by atoms with Crippen LogP contribution in [0.3, 0.4) is 0 Å². The molecule has 1 heterocycles. The van der Waals surface area contributed by atoms with Gasteiger partial charge in [-0.1, -0.05) is 0 Å². The SMILES string of the molecule is CC(=O)CCS(=O)(=O)CC(=O)N1CCCCC1. The van der Waals surface area contributed by atoms with Gasteiger partial charge < -0.3 is 4.90 Å². The van der Waals surface area contributed by atoms with E-state index in [9.17, 15) is 18.0 Å². The van der Waals surface area contributed by atoms with Crippen LogP contribution in [0.2, 0.25) is 0 Å². The molecule has 0 saturated carbocycles. The molecule has 0 spiro atoms. The van der Waals surface area contributed by atoms with Gasteiger partial charge in [-0.15, -0.1) is 0 Å². The first-order chi connectivity index (χ1) is 7.91. The molecule has 98 valence electrons. The van der Waals surface area contributed by atoms with Gasteiger partial charge in [0.25, 0.3) is 0 Å². The van der Waals surface area contributed by atoms with Gasteiger partial charge in [-0.3, -0.25) is 9.59 Å². The Balaban J connectivity index is 2.45. The van der Waals surface area contributed by atoms with Gasteiger partial charge in [0.15, 0.2) is 9.84 Å². The number of likely N-dealkylation sites (tertiary alicyclic amines) is 1. The van der Waals surface area contributed by atoms with E-state index in [2.05, 4.69) is 0 Å². The van der Waals surface area contributed by atoms with E-state index in [0.29, 0.717) is 13.1 Å². The Hall–Kier alpha value is -0.910. The monoisotopic (exact) mass is 261 g/mol. The summed E-state index contributed by atoms with van der Waals surface area (Å²) >= 11 is 0. The van der Waals surface area contributed by atoms with Crippen LogP contribution in [0.1, 0.15) is 32.6 Å². The zero-order valence-electron chi connectivity index (χ0n) is 10.1. The van der Waals surface area contributed by atoms with E-state index >= 15 is 0 Å². The fourth-order valence-electron chi connectivity index (χ4n) is 1.79. The maximum atomic E-state index is 11.7. The van der Waals surface area contributed by atoms with E-state index in [0.717, 1.165) is 19.3 Å². The smallest absolute Gasteiger partial charge is 0.237 e. The zero-order valence-corrected chi connectivity index (χ0v) is 11.0. The lowest BCUT2D eigenvalue weighted by Crippen LogP contribution is -2.39. The fourth-order valence-corrected chi connectivity index (χ4v) is 3.10. The maximum absolute atomic E-state index is 11.7. The summed E-state index contributed by atoms with van der Waals surface area (Å²) in [4.78, 5) is 24.0. The number of Topliss-reactive ketones (excluding diaryl/α,β-unsaturated/α-hetero) is 1. The lowest BCUT2D eigenvalue weighted by atomic mass is 10.1. The largest absolute Gasteiger partial charge is 0.342 e. The Kier molecular flexibility index (Phi) is 5.11. The second-order valence-corrected chi connectivity index (χ2v) is 6.67. The highest BCUT2D eigenvalue weighted by molar-refractivity contribution is 7.92. The predicted molar refractivity (Wildman–Crippen MR) is 64.4 cm³/mol. The van der Waals surface area contributed by atoms with E-state index in [1.54, 1.807) is 4.90 Å². The van der Waals surface area contributed by atoms with Crippen molar-refractivity contribution in [3.8, 4) is 0 Å². The molecular formula is C11H19NO4S. The molecule has 0 radical (unpaired) electrons. The van der Waals surface area contributed by atoms with Gasteiger partial charge in [-0.2, -0.15) is 0 Å². The molecule has 17 heavy (non-hydrogen) atoms. The highest BCUT2D eigenvalue weighted by atomic mass is 32.2. The number of rotatable bonds is 5. The number of amides is 1. The van der Waals surface area contributed by atoms with E-state index in [4.69, 9.17) is 0 Å². The van der Waals surface area contributed by atoms with Crippen LogP contribution in [0.5, 0.6) is 0 Å². The second kappa shape index (κ2) is 6.14. The Morgan fingerprint density at radius 2 is 1.71 bits per heavy atom. The zero-order chi connectivity index (χ0) is 12.9. The summed E-state index contributed by atoms with van der Waals surface area (Å²) in [5.74, 6) is -1.17. The second-order valence-electron chi connectivity index (χ2n) is 4.49. The molecule has 0 aromatic heterocycles. The van der Waals surface area contributed by atoms with E-state index in [-0.39, 0.29) is 23.9 Å². The van der Waals surface area contributed by atoms with Gasteiger partial charge >= 0.3 is 0 Å². The van der Waals surface area contributed by atoms with E-state index in [1.165, 1.54) is 6.92 Å². The van der Waals surface area contributed by atoms with Crippen LogP contribution in [-0.2, 0) is 19.4 Å². The minimum atomic E-state index is -3.44. The number of ketones is 1. The molecule has 0 bridgehead atoms. The topological polar surface area (TPSA) is 71.5 Å². The molecule has 0 unspecified atom stereocenters. The number of sulfone groups is 1. The van der Waals surface area contributed by atoms with Crippen LogP contribution in [0.25, 0.3) is 0 Å². The number of hydrogen-bond acceptors (Lipinski definition) is 4. The van der Waals surface area contributed by atoms with Crippen LogP contribution >= 0.6 is 0 Å². The summed E-state index contributed by atoms with van der Waals surface area (Å²) in [7, 11) is -3.44. The van der Waals surface area contributed by atoms with Gasteiger partial charge in [-0.05, 0) is 26.2 Å². The van der Waals surface area contributed by atoms with Crippen molar-refractivity contribution < 1.29 is 18.0 Å². The third-order valence-electron chi connectivity index (χ3n) is 2.82. The Labute approximate surface area is 102 Å². The molecule has 0 aliphatic carbocycles. The molecule has 0 N–H and O–H groups in total. The maximum Gasteiger partial charge on any atom is 0.237 e. The van der Waals surface area contributed by atoms with Crippen molar-refractivity contribution in [2.75, 3.05) is 24.6 Å². The summed E-state index contributed by atoms with van der Waals surface area (Å²) in [6, 6.07) is 0. The van der Waals surface area contributed by atoms with Crippen molar-refractivity contribution in [2.45, 2.75) is 32.6 Å². The molecule has 1 aliphatic heterocycles. The highest BCUT2D eigenvalue weighted by Gasteiger charge is 2.23. The average Bonchev–Trinajstić information content (AvgIpc) is 2.27. The molecule has 0 aromatic rings. The number of piperidine rings is 1. The van der Waals surface area contributed by atoms with Crippen molar-refractivity contribution >= 4 is 21.5 Å². The van der Waals surface area contributed by atoms with Gasteiger partial charge in [0.2, 0.25) is 5.91 Å². The Bertz CT molecular complexity index is 382. The van der Waals surface area contributed by atoms with Crippen molar-refractivity contribution in [1.82, 2.24) is 4.90 Å². The fraction of sp³-hybridized carbons (Fsp3) is 0.818. The van der Waals surface area contributed by atoms with Crippen molar-refractivity contribution in [2.24, 2.45) is 0 Å². The first kappa shape index (κ1) is 14.2. The van der Waals surface area contributed by atoms with Crippen molar-refractivity contribution in [3.63, 3.8) is 0 Å². The molecule has 5 nitrogen and oxygen atoms in total. The molecule has 0 atom stereocenters. The first-order valence-electron chi connectivity index (χ1n) is 5.88. The lowest BCUT2D eigenvalue weighted by Gasteiger charge is -2.26. The first-order valence-corrected chi connectivity index (χ1v) is 7.70. The third kappa shape index (κ3) is 5.30. The molecule has 1 aliphatic rings. The Morgan fingerprint density at radius 3 is 2.24 bits per heavy atom. The quantitative estimate of drug-likeness (QED) is 0.718. The molecule has 1 amide bonds. The minimum Gasteiger partial charge on any atom is -0.342 e.